The van der Waals surface area contributed by atoms with Crippen molar-refractivity contribution >= 4 is 5.78 Å². The van der Waals surface area contributed by atoms with Gasteiger partial charge in [0.2, 0.25) is 5.88 Å². The second-order valence-electron chi connectivity index (χ2n) is 8.03. The van der Waals surface area contributed by atoms with Crippen LogP contribution in [-0.2, 0) is 0 Å². The Balaban J connectivity index is 1.61. The van der Waals surface area contributed by atoms with Crippen LogP contribution in [0.2, 0.25) is 0 Å². The van der Waals surface area contributed by atoms with Gasteiger partial charge in [-0.05, 0) is 45.0 Å². The summed E-state index contributed by atoms with van der Waals surface area (Å²) >= 11 is 0. The van der Waals surface area contributed by atoms with E-state index in [9.17, 15) is 9.90 Å². The highest BCUT2D eigenvalue weighted by Crippen LogP contribution is 2.28. The number of carbonyl (C=O) groups is 1. The van der Waals surface area contributed by atoms with E-state index in [0.29, 0.717) is 29.2 Å². The lowest BCUT2D eigenvalue weighted by atomic mass is 10.0. The molecule has 0 spiro atoms. The molecule has 2 heterocycles. The maximum absolute atomic E-state index is 13.3. The zero-order chi connectivity index (χ0) is 21.6. The maximum Gasteiger partial charge on any atom is 0.228 e. The first kappa shape index (κ1) is 21.3. The molecule has 1 unspecified atom stereocenters. The number of para-hydroxylation sites is 1. The average molecular weight is 420 g/mol. The van der Waals surface area contributed by atoms with Crippen LogP contribution in [0.25, 0.3) is 5.69 Å². The molecule has 1 atom stereocenters. The number of benzene rings is 2. The SMILES string of the molecule is Cc1nn(-c2ccccc2)c(OCC(O)CN2CCCCC2)c1C(=O)c1ccccc1. The number of aliphatic hydroxyl groups is 1. The zero-order valence-corrected chi connectivity index (χ0v) is 17.9. The third-order valence-corrected chi connectivity index (χ3v) is 5.61. The van der Waals surface area contributed by atoms with Crippen molar-refractivity contribution < 1.29 is 14.6 Å². The zero-order valence-electron chi connectivity index (χ0n) is 17.9. The van der Waals surface area contributed by atoms with Crippen molar-refractivity contribution in [1.29, 1.82) is 0 Å². The van der Waals surface area contributed by atoms with Gasteiger partial charge in [-0.25, -0.2) is 4.68 Å². The number of aliphatic hydroxyl groups excluding tert-OH is 1. The summed E-state index contributed by atoms with van der Waals surface area (Å²) in [7, 11) is 0. The van der Waals surface area contributed by atoms with Gasteiger partial charge in [0, 0.05) is 12.1 Å². The van der Waals surface area contributed by atoms with Crippen LogP contribution in [0.5, 0.6) is 5.88 Å². The fraction of sp³-hybridized carbons (Fsp3) is 0.360. The summed E-state index contributed by atoms with van der Waals surface area (Å²) in [6.07, 6.45) is 2.95. The van der Waals surface area contributed by atoms with Gasteiger partial charge in [0.1, 0.15) is 18.3 Å². The fourth-order valence-electron chi connectivity index (χ4n) is 4.05. The van der Waals surface area contributed by atoms with Gasteiger partial charge < -0.3 is 14.7 Å². The summed E-state index contributed by atoms with van der Waals surface area (Å²) in [6, 6.07) is 18.7. The normalized spacial score (nSPS) is 15.5. The fourth-order valence-corrected chi connectivity index (χ4v) is 4.05. The van der Waals surface area contributed by atoms with Gasteiger partial charge >= 0.3 is 0 Å². The number of β-amino-alcohol motifs (C(OH)–C–C–N with tert-alkyl or cyclic N) is 1. The van der Waals surface area contributed by atoms with Gasteiger partial charge in [-0.2, -0.15) is 5.10 Å². The molecule has 6 heteroatoms. The highest BCUT2D eigenvalue weighted by Gasteiger charge is 2.26. The van der Waals surface area contributed by atoms with E-state index in [1.807, 2.05) is 55.5 Å². The number of carbonyl (C=O) groups excluding carboxylic acids is 1. The number of aryl methyl sites for hydroxylation is 1. The van der Waals surface area contributed by atoms with Crippen molar-refractivity contribution in [2.45, 2.75) is 32.3 Å². The first-order chi connectivity index (χ1) is 15.1. The quantitative estimate of drug-likeness (QED) is 0.565. The van der Waals surface area contributed by atoms with Gasteiger partial charge in [0.25, 0.3) is 0 Å². The monoisotopic (exact) mass is 419 g/mol. The lowest BCUT2D eigenvalue weighted by Gasteiger charge is -2.28. The minimum atomic E-state index is -0.641. The first-order valence-electron chi connectivity index (χ1n) is 10.9. The van der Waals surface area contributed by atoms with E-state index in [0.717, 1.165) is 18.8 Å². The Morgan fingerprint density at radius 2 is 1.68 bits per heavy atom. The van der Waals surface area contributed by atoms with Crippen molar-refractivity contribution in [3.63, 3.8) is 0 Å². The molecule has 1 fully saturated rings. The van der Waals surface area contributed by atoms with Gasteiger partial charge in [-0.1, -0.05) is 55.0 Å². The summed E-state index contributed by atoms with van der Waals surface area (Å²) < 4.78 is 7.74. The van der Waals surface area contributed by atoms with Crippen LogP contribution in [0.1, 0.15) is 40.9 Å². The van der Waals surface area contributed by atoms with E-state index in [4.69, 9.17) is 4.74 Å². The van der Waals surface area contributed by atoms with Crippen LogP contribution in [0.4, 0.5) is 0 Å². The number of rotatable bonds is 8. The second-order valence-corrected chi connectivity index (χ2v) is 8.03. The van der Waals surface area contributed by atoms with Crippen molar-refractivity contribution in [2.75, 3.05) is 26.2 Å². The Morgan fingerprint density at radius 3 is 2.35 bits per heavy atom. The molecule has 162 valence electrons. The molecule has 1 aliphatic heterocycles. The number of likely N-dealkylation sites (tertiary alicyclic amines) is 1. The number of ether oxygens (including phenoxy) is 1. The van der Waals surface area contributed by atoms with Crippen LogP contribution >= 0.6 is 0 Å². The van der Waals surface area contributed by atoms with Crippen molar-refractivity contribution in [1.82, 2.24) is 14.7 Å². The number of aromatic nitrogens is 2. The molecule has 6 nitrogen and oxygen atoms in total. The third kappa shape index (κ3) is 5.03. The molecule has 1 aliphatic rings. The summed E-state index contributed by atoms with van der Waals surface area (Å²) in [4.78, 5) is 15.6. The summed E-state index contributed by atoms with van der Waals surface area (Å²) in [6.45, 7) is 4.50. The number of ketones is 1. The first-order valence-corrected chi connectivity index (χ1v) is 10.9. The third-order valence-electron chi connectivity index (χ3n) is 5.61. The minimum Gasteiger partial charge on any atom is -0.474 e. The highest BCUT2D eigenvalue weighted by molar-refractivity contribution is 6.11. The van der Waals surface area contributed by atoms with Gasteiger partial charge in [0.05, 0.1) is 11.4 Å². The van der Waals surface area contributed by atoms with Crippen LogP contribution in [0.3, 0.4) is 0 Å². The van der Waals surface area contributed by atoms with E-state index in [-0.39, 0.29) is 12.4 Å². The molecule has 0 bridgehead atoms. The van der Waals surface area contributed by atoms with Crippen LogP contribution in [0, 0.1) is 6.92 Å². The number of hydrogen-bond acceptors (Lipinski definition) is 5. The Hall–Kier alpha value is -2.96. The molecule has 1 aromatic heterocycles. The van der Waals surface area contributed by atoms with Crippen molar-refractivity contribution in [3.05, 3.63) is 77.5 Å². The molecule has 1 saturated heterocycles. The topological polar surface area (TPSA) is 67.6 Å². The smallest absolute Gasteiger partial charge is 0.228 e. The largest absolute Gasteiger partial charge is 0.474 e. The predicted octanol–water partition coefficient (Wildman–Crippen LogP) is 3.64. The molecule has 2 aromatic carbocycles. The standard InChI is InChI=1S/C25H29N3O3/c1-19-23(24(30)20-11-5-2-6-12-20)25(28(26-19)21-13-7-3-8-14-21)31-18-22(29)17-27-15-9-4-10-16-27/h2-3,5-8,11-14,22,29H,4,9-10,15-18H2,1H3. The molecular weight excluding hydrogens is 390 g/mol. The van der Waals surface area contributed by atoms with E-state index in [1.54, 1.807) is 16.8 Å². The Bertz CT molecular complexity index is 996. The number of piperidine rings is 1. The molecular formula is C25H29N3O3. The van der Waals surface area contributed by atoms with E-state index in [1.165, 1.54) is 19.3 Å². The molecule has 0 saturated carbocycles. The molecule has 0 radical (unpaired) electrons. The second kappa shape index (κ2) is 9.90. The van der Waals surface area contributed by atoms with Gasteiger partial charge in [-0.3, -0.25) is 4.79 Å². The Morgan fingerprint density at radius 1 is 1.03 bits per heavy atom. The average Bonchev–Trinajstić information content (AvgIpc) is 3.15. The van der Waals surface area contributed by atoms with Crippen LogP contribution in [0.15, 0.2) is 60.7 Å². The lowest BCUT2D eigenvalue weighted by Crippen LogP contribution is -2.38. The van der Waals surface area contributed by atoms with Crippen molar-refractivity contribution in [2.24, 2.45) is 0 Å². The maximum atomic E-state index is 13.3. The minimum absolute atomic E-state index is 0.101. The van der Waals surface area contributed by atoms with E-state index >= 15 is 0 Å². The van der Waals surface area contributed by atoms with Crippen LogP contribution < -0.4 is 4.74 Å². The molecule has 3 aromatic rings. The Labute approximate surface area is 183 Å². The molecule has 31 heavy (non-hydrogen) atoms. The van der Waals surface area contributed by atoms with Gasteiger partial charge in [-0.15, -0.1) is 0 Å². The highest BCUT2D eigenvalue weighted by atomic mass is 16.5. The summed E-state index contributed by atoms with van der Waals surface area (Å²) in [5.41, 5.74) is 2.41. The van der Waals surface area contributed by atoms with E-state index in [2.05, 4.69) is 10.00 Å². The summed E-state index contributed by atoms with van der Waals surface area (Å²) in [5.74, 6) is 0.232. The van der Waals surface area contributed by atoms with E-state index < -0.39 is 6.10 Å². The molecule has 0 amide bonds. The van der Waals surface area contributed by atoms with Crippen molar-refractivity contribution in [3.8, 4) is 11.6 Å². The van der Waals surface area contributed by atoms with Crippen LogP contribution in [-0.4, -0.2) is 57.9 Å². The molecule has 0 aliphatic carbocycles. The lowest BCUT2D eigenvalue weighted by molar-refractivity contribution is 0.0588. The van der Waals surface area contributed by atoms with Gasteiger partial charge in [0.15, 0.2) is 5.78 Å². The number of hydrogen-bond donors (Lipinski definition) is 1. The Kier molecular flexibility index (Phi) is 6.79. The molecule has 4 rings (SSSR count). The number of nitrogens with zero attached hydrogens (tertiary/aromatic N) is 3. The molecule has 1 N–H and O–H groups in total. The predicted molar refractivity (Wildman–Crippen MR) is 120 cm³/mol. The summed E-state index contributed by atoms with van der Waals surface area (Å²) in [5, 5.41) is 15.2.